The molecule has 2 rings (SSSR count). The summed E-state index contributed by atoms with van der Waals surface area (Å²) in [5.41, 5.74) is 2.93. The van der Waals surface area contributed by atoms with E-state index in [2.05, 4.69) is 27.7 Å². The number of phenolic OH excluding ortho intramolecular Hbond substituents is 1. The van der Waals surface area contributed by atoms with Crippen molar-refractivity contribution in [1.29, 1.82) is 0 Å². The molecule has 2 aromatic rings. The number of ether oxygens (including phenoxy) is 2. The molecule has 3 N–H and O–H groups in total. The van der Waals surface area contributed by atoms with Crippen molar-refractivity contribution in [3.05, 3.63) is 34.7 Å². The fourth-order valence-corrected chi connectivity index (χ4v) is 2.77. The first-order chi connectivity index (χ1) is 13.1. The molecule has 0 unspecified atom stereocenters. The van der Waals surface area contributed by atoms with Crippen LogP contribution in [0.15, 0.2) is 21.6 Å². The molecule has 8 nitrogen and oxygen atoms in total. The topological polar surface area (TPSA) is 101 Å². The van der Waals surface area contributed by atoms with E-state index in [-0.39, 0.29) is 29.7 Å². The minimum atomic E-state index is -0.0158. The summed E-state index contributed by atoms with van der Waals surface area (Å²) in [6.45, 7) is 5.16. The van der Waals surface area contributed by atoms with Crippen LogP contribution in [-0.2, 0) is 25.9 Å². The molecular weight excluding hydrogens is 475 g/mol. The molecule has 0 aliphatic rings. The summed E-state index contributed by atoms with van der Waals surface area (Å²) < 4.78 is 15.8. The minimum Gasteiger partial charge on any atom is -0.502 e. The average Bonchev–Trinajstić information content (AvgIpc) is 3.10. The van der Waals surface area contributed by atoms with Crippen molar-refractivity contribution < 1.29 is 19.1 Å². The summed E-state index contributed by atoms with van der Waals surface area (Å²) >= 11 is 0. The van der Waals surface area contributed by atoms with Gasteiger partial charge in [-0.2, -0.15) is 0 Å². The van der Waals surface area contributed by atoms with Gasteiger partial charge in [-0.25, -0.2) is 0 Å². The van der Waals surface area contributed by atoms with Crippen LogP contribution >= 0.6 is 24.0 Å². The zero-order valence-corrected chi connectivity index (χ0v) is 19.3. The molecule has 0 amide bonds. The standard InChI is InChI=1S/C19H28N4O4.HI/c1-6-14-13(15(7-2)27-23-14)11-22-19(20-3)21-10-12-8-16(25-4)18(24)17(9-12)26-5;/h8-9,24H,6-7,10-11H2,1-5H3,(H2,20,21,22);1H. The molecule has 28 heavy (non-hydrogen) atoms. The maximum atomic E-state index is 10.0. The largest absolute Gasteiger partial charge is 0.502 e. The molecule has 9 heteroatoms. The summed E-state index contributed by atoms with van der Waals surface area (Å²) in [6.07, 6.45) is 1.61. The number of methoxy groups -OCH3 is 2. The Hall–Kier alpha value is -2.17. The van der Waals surface area contributed by atoms with Gasteiger partial charge in [0.1, 0.15) is 5.76 Å². The van der Waals surface area contributed by atoms with E-state index >= 15 is 0 Å². The van der Waals surface area contributed by atoms with Gasteiger partial charge < -0.3 is 29.7 Å². The Labute approximate surface area is 182 Å². The van der Waals surface area contributed by atoms with Crippen molar-refractivity contribution in [2.24, 2.45) is 4.99 Å². The third-order valence-electron chi connectivity index (χ3n) is 4.26. The number of halogens is 1. The number of nitrogens with zero attached hydrogens (tertiary/aromatic N) is 2. The molecule has 0 saturated carbocycles. The fraction of sp³-hybridized carbons (Fsp3) is 0.474. The van der Waals surface area contributed by atoms with Gasteiger partial charge in [0, 0.05) is 32.1 Å². The van der Waals surface area contributed by atoms with Crippen molar-refractivity contribution in [2.45, 2.75) is 39.8 Å². The van der Waals surface area contributed by atoms with Crippen LogP contribution in [-0.4, -0.2) is 37.5 Å². The first kappa shape index (κ1) is 23.9. The second-order valence-electron chi connectivity index (χ2n) is 5.87. The third-order valence-corrected chi connectivity index (χ3v) is 4.26. The number of aliphatic imine (C=N–C) groups is 1. The third kappa shape index (κ3) is 5.66. The van der Waals surface area contributed by atoms with Gasteiger partial charge in [0.2, 0.25) is 5.75 Å². The normalized spacial score (nSPS) is 11.0. The molecule has 0 spiro atoms. The van der Waals surface area contributed by atoms with E-state index in [1.807, 2.05) is 6.92 Å². The molecular formula is C19H29IN4O4. The molecule has 0 aliphatic carbocycles. The lowest BCUT2D eigenvalue weighted by atomic mass is 10.1. The maximum Gasteiger partial charge on any atom is 0.200 e. The molecule has 1 aromatic heterocycles. The van der Waals surface area contributed by atoms with Gasteiger partial charge in [-0.15, -0.1) is 24.0 Å². The lowest BCUT2D eigenvalue weighted by Gasteiger charge is -2.14. The maximum absolute atomic E-state index is 10.0. The number of hydrogen-bond donors (Lipinski definition) is 3. The van der Waals surface area contributed by atoms with E-state index in [9.17, 15) is 5.11 Å². The van der Waals surface area contributed by atoms with Crippen LogP contribution < -0.4 is 20.1 Å². The van der Waals surface area contributed by atoms with E-state index in [1.54, 1.807) is 19.2 Å². The zero-order chi connectivity index (χ0) is 19.8. The highest BCUT2D eigenvalue weighted by Gasteiger charge is 2.14. The van der Waals surface area contributed by atoms with E-state index in [1.165, 1.54) is 14.2 Å². The van der Waals surface area contributed by atoms with E-state index in [4.69, 9.17) is 14.0 Å². The number of benzene rings is 1. The van der Waals surface area contributed by atoms with Gasteiger partial charge in [0.05, 0.1) is 19.9 Å². The molecule has 0 radical (unpaired) electrons. The van der Waals surface area contributed by atoms with Gasteiger partial charge >= 0.3 is 0 Å². The monoisotopic (exact) mass is 504 g/mol. The average molecular weight is 504 g/mol. The Balaban J connectivity index is 0.00000392. The summed E-state index contributed by atoms with van der Waals surface area (Å²) in [7, 11) is 4.71. The number of aryl methyl sites for hydroxylation is 2. The summed E-state index contributed by atoms with van der Waals surface area (Å²) in [6, 6.07) is 3.50. The second-order valence-corrected chi connectivity index (χ2v) is 5.87. The van der Waals surface area contributed by atoms with Crippen molar-refractivity contribution in [3.63, 3.8) is 0 Å². The van der Waals surface area contributed by atoms with Crippen LogP contribution in [0.4, 0.5) is 0 Å². The lowest BCUT2D eigenvalue weighted by molar-refractivity contribution is 0.339. The number of aromatic hydroxyl groups is 1. The molecule has 0 aliphatic heterocycles. The van der Waals surface area contributed by atoms with Gasteiger partial charge in [-0.3, -0.25) is 4.99 Å². The zero-order valence-electron chi connectivity index (χ0n) is 17.0. The highest BCUT2D eigenvalue weighted by Crippen LogP contribution is 2.36. The van der Waals surface area contributed by atoms with Gasteiger partial charge in [0.15, 0.2) is 17.5 Å². The SMILES string of the molecule is CCc1noc(CC)c1CNC(=NC)NCc1cc(OC)c(O)c(OC)c1.I. The van der Waals surface area contributed by atoms with Gasteiger partial charge in [0.25, 0.3) is 0 Å². The van der Waals surface area contributed by atoms with Crippen LogP contribution in [0.2, 0.25) is 0 Å². The smallest absolute Gasteiger partial charge is 0.200 e. The van der Waals surface area contributed by atoms with E-state index < -0.39 is 0 Å². The Morgan fingerprint density at radius 1 is 1.11 bits per heavy atom. The summed E-state index contributed by atoms with van der Waals surface area (Å²) in [4.78, 5) is 4.25. The summed E-state index contributed by atoms with van der Waals surface area (Å²) in [5.74, 6) is 2.24. The predicted molar refractivity (Wildman–Crippen MR) is 119 cm³/mol. The van der Waals surface area contributed by atoms with Crippen LogP contribution in [0.1, 0.15) is 36.4 Å². The summed E-state index contributed by atoms with van der Waals surface area (Å²) in [5, 5.41) is 20.7. The van der Waals surface area contributed by atoms with E-state index in [0.29, 0.717) is 30.5 Å². The molecule has 0 saturated heterocycles. The van der Waals surface area contributed by atoms with Crippen LogP contribution in [0.25, 0.3) is 0 Å². The Bertz CT molecular complexity index is 746. The molecule has 1 heterocycles. The van der Waals surface area contributed by atoms with Crippen molar-refractivity contribution in [2.75, 3.05) is 21.3 Å². The molecule has 0 atom stereocenters. The van der Waals surface area contributed by atoms with Crippen LogP contribution in [0.3, 0.4) is 0 Å². The lowest BCUT2D eigenvalue weighted by Crippen LogP contribution is -2.36. The second kappa shape index (κ2) is 11.6. The first-order valence-corrected chi connectivity index (χ1v) is 8.92. The van der Waals surface area contributed by atoms with Crippen molar-refractivity contribution in [1.82, 2.24) is 15.8 Å². The Kier molecular flexibility index (Phi) is 9.91. The van der Waals surface area contributed by atoms with Crippen molar-refractivity contribution in [3.8, 4) is 17.2 Å². The fourth-order valence-electron chi connectivity index (χ4n) is 2.77. The Morgan fingerprint density at radius 3 is 2.21 bits per heavy atom. The van der Waals surface area contributed by atoms with Gasteiger partial charge in [-0.1, -0.05) is 19.0 Å². The quantitative estimate of drug-likeness (QED) is 0.289. The van der Waals surface area contributed by atoms with Crippen molar-refractivity contribution >= 4 is 29.9 Å². The molecule has 0 fully saturated rings. The Morgan fingerprint density at radius 2 is 1.71 bits per heavy atom. The molecule has 1 aromatic carbocycles. The number of rotatable bonds is 8. The number of nitrogens with one attached hydrogen (secondary N) is 2. The molecule has 0 bridgehead atoms. The van der Waals surface area contributed by atoms with Gasteiger partial charge in [-0.05, 0) is 24.1 Å². The van der Waals surface area contributed by atoms with Crippen LogP contribution in [0.5, 0.6) is 17.2 Å². The predicted octanol–water partition coefficient (Wildman–Crippen LogP) is 3.01. The minimum absolute atomic E-state index is 0. The number of guanidine groups is 1. The highest BCUT2D eigenvalue weighted by molar-refractivity contribution is 14.0. The first-order valence-electron chi connectivity index (χ1n) is 8.92. The number of aromatic nitrogens is 1. The number of phenols is 1. The number of hydrogen-bond acceptors (Lipinski definition) is 6. The van der Waals surface area contributed by atoms with E-state index in [0.717, 1.165) is 35.4 Å². The highest BCUT2D eigenvalue weighted by atomic mass is 127. The molecule has 156 valence electrons. The van der Waals surface area contributed by atoms with Crippen LogP contribution in [0, 0.1) is 0 Å².